The minimum atomic E-state index is 0.251. The van der Waals surface area contributed by atoms with Crippen LogP contribution in [-0.4, -0.2) is 17.0 Å². The van der Waals surface area contributed by atoms with Crippen molar-refractivity contribution in [1.29, 1.82) is 0 Å². The largest absolute Gasteiger partial charge is 0.438 e. The zero-order valence-electron chi connectivity index (χ0n) is 13.4. The first kappa shape index (κ1) is 15.3. The Hall–Kier alpha value is -2.10. The Morgan fingerprint density at radius 3 is 2.52 bits per heavy atom. The number of ether oxygens (including phenoxy) is 1. The molecule has 0 unspecified atom stereocenters. The van der Waals surface area contributed by atoms with Gasteiger partial charge in [-0.3, -0.25) is 0 Å². The van der Waals surface area contributed by atoms with Gasteiger partial charge in [0.05, 0.1) is 5.56 Å². The highest BCUT2D eigenvalue weighted by Crippen LogP contribution is 2.30. The minimum absolute atomic E-state index is 0.251. The van der Waals surface area contributed by atoms with Gasteiger partial charge in [0.1, 0.15) is 17.4 Å². The van der Waals surface area contributed by atoms with E-state index in [1.165, 1.54) is 5.56 Å². The number of hydrogen-bond donors (Lipinski definition) is 1. The number of nitrogens with zero attached hydrogens (tertiary/aromatic N) is 2. The first-order valence-corrected chi connectivity index (χ1v) is 7.38. The number of anilines is 1. The predicted octanol–water partition coefficient (Wildman–Crippen LogP) is 4.30. The maximum Gasteiger partial charge on any atom is 0.227 e. The summed E-state index contributed by atoms with van der Waals surface area (Å²) in [5.74, 6) is 3.34. The van der Waals surface area contributed by atoms with Gasteiger partial charge < -0.3 is 10.1 Å². The van der Waals surface area contributed by atoms with Crippen LogP contribution in [0.1, 0.15) is 43.6 Å². The summed E-state index contributed by atoms with van der Waals surface area (Å²) in [6.07, 6.45) is 0.927. The second kappa shape index (κ2) is 6.57. The predicted molar refractivity (Wildman–Crippen MR) is 86.3 cm³/mol. The van der Waals surface area contributed by atoms with E-state index >= 15 is 0 Å². The first-order chi connectivity index (χ1) is 10.1. The van der Waals surface area contributed by atoms with Crippen molar-refractivity contribution in [2.24, 2.45) is 0 Å². The highest BCUT2D eigenvalue weighted by molar-refractivity contribution is 5.50. The second-order valence-electron chi connectivity index (χ2n) is 5.33. The van der Waals surface area contributed by atoms with Crippen LogP contribution in [0.5, 0.6) is 11.6 Å². The molecule has 4 heteroatoms. The van der Waals surface area contributed by atoms with E-state index in [-0.39, 0.29) is 5.92 Å². The average molecular weight is 285 g/mol. The van der Waals surface area contributed by atoms with Crippen LogP contribution in [0.25, 0.3) is 0 Å². The van der Waals surface area contributed by atoms with Gasteiger partial charge in [0.2, 0.25) is 5.88 Å². The molecular formula is C17H23N3O. The molecule has 0 bridgehead atoms. The number of aryl methyl sites for hydroxylation is 1. The van der Waals surface area contributed by atoms with Crippen molar-refractivity contribution in [1.82, 2.24) is 9.97 Å². The molecule has 0 radical (unpaired) electrons. The van der Waals surface area contributed by atoms with Gasteiger partial charge in [-0.25, -0.2) is 4.98 Å². The summed E-state index contributed by atoms with van der Waals surface area (Å²) in [6.45, 7) is 8.25. The lowest BCUT2D eigenvalue weighted by Crippen LogP contribution is -2.07. The summed E-state index contributed by atoms with van der Waals surface area (Å²) in [5, 5.41) is 3.11. The molecule has 112 valence electrons. The van der Waals surface area contributed by atoms with Crippen molar-refractivity contribution in [3.63, 3.8) is 0 Å². The van der Waals surface area contributed by atoms with Gasteiger partial charge in [0.15, 0.2) is 0 Å². The Labute approximate surface area is 126 Å². The number of hydrogen-bond acceptors (Lipinski definition) is 4. The Kier molecular flexibility index (Phi) is 4.78. The van der Waals surface area contributed by atoms with Crippen LogP contribution in [-0.2, 0) is 6.42 Å². The molecule has 21 heavy (non-hydrogen) atoms. The Bertz CT molecular complexity index is 623. The average Bonchev–Trinajstić information content (AvgIpc) is 2.49. The Morgan fingerprint density at radius 1 is 1.19 bits per heavy atom. The second-order valence-corrected chi connectivity index (χ2v) is 5.33. The standard InChI is InChI=1S/C17H23N3O/c1-6-13-9-7-8-10-14(13)21-17-12(4)16(18-5)19-15(20-17)11(2)3/h7-11H,6H2,1-5H3,(H,18,19,20). The lowest BCUT2D eigenvalue weighted by molar-refractivity contribution is 0.448. The van der Waals surface area contributed by atoms with Gasteiger partial charge in [-0.15, -0.1) is 0 Å². The van der Waals surface area contributed by atoms with Crippen molar-refractivity contribution < 1.29 is 4.74 Å². The molecule has 0 aliphatic carbocycles. The fourth-order valence-corrected chi connectivity index (χ4v) is 2.11. The highest BCUT2D eigenvalue weighted by atomic mass is 16.5. The maximum atomic E-state index is 6.07. The van der Waals surface area contributed by atoms with Crippen LogP contribution < -0.4 is 10.1 Å². The third-order valence-corrected chi connectivity index (χ3v) is 3.43. The van der Waals surface area contributed by atoms with Crippen molar-refractivity contribution in [3.8, 4) is 11.6 Å². The first-order valence-electron chi connectivity index (χ1n) is 7.38. The van der Waals surface area contributed by atoms with E-state index in [9.17, 15) is 0 Å². The van der Waals surface area contributed by atoms with Gasteiger partial charge >= 0.3 is 0 Å². The number of para-hydroxylation sites is 1. The number of nitrogens with one attached hydrogen (secondary N) is 1. The van der Waals surface area contributed by atoms with Gasteiger partial charge in [0.25, 0.3) is 0 Å². The summed E-state index contributed by atoms with van der Waals surface area (Å²) in [7, 11) is 1.86. The molecule has 0 saturated carbocycles. The third-order valence-electron chi connectivity index (χ3n) is 3.43. The summed E-state index contributed by atoms with van der Waals surface area (Å²) >= 11 is 0. The minimum Gasteiger partial charge on any atom is -0.438 e. The molecule has 0 saturated heterocycles. The van der Waals surface area contributed by atoms with Crippen LogP contribution in [0.4, 0.5) is 5.82 Å². The van der Waals surface area contributed by atoms with E-state index in [4.69, 9.17) is 4.74 Å². The molecule has 0 fully saturated rings. The molecule has 0 aliphatic rings. The van der Waals surface area contributed by atoms with Crippen molar-refractivity contribution in [2.75, 3.05) is 12.4 Å². The molecule has 1 aromatic carbocycles. The lowest BCUT2D eigenvalue weighted by Gasteiger charge is -2.15. The van der Waals surface area contributed by atoms with Crippen LogP contribution in [0, 0.1) is 6.92 Å². The van der Waals surface area contributed by atoms with E-state index in [0.717, 1.165) is 29.4 Å². The molecule has 1 N–H and O–H groups in total. The molecule has 0 aliphatic heterocycles. The quantitative estimate of drug-likeness (QED) is 0.889. The van der Waals surface area contributed by atoms with Crippen LogP contribution >= 0.6 is 0 Å². The Balaban J connectivity index is 2.45. The van der Waals surface area contributed by atoms with E-state index in [1.807, 2.05) is 32.2 Å². The van der Waals surface area contributed by atoms with Crippen LogP contribution in [0.15, 0.2) is 24.3 Å². The third kappa shape index (κ3) is 3.32. The van der Waals surface area contributed by atoms with Gasteiger partial charge in [0, 0.05) is 13.0 Å². The zero-order chi connectivity index (χ0) is 15.4. The molecule has 0 amide bonds. The van der Waals surface area contributed by atoms with Gasteiger partial charge in [-0.05, 0) is 25.0 Å². The summed E-state index contributed by atoms with van der Waals surface area (Å²) < 4.78 is 6.07. The molecule has 0 spiro atoms. The zero-order valence-corrected chi connectivity index (χ0v) is 13.4. The van der Waals surface area contributed by atoms with Crippen molar-refractivity contribution in [3.05, 3.63) is 41.2 Å². The lowest BCUT2D eigenvalue weighted by atomic mass is 10.1. The molecule has 1 aromatic heterocycles. The number of rotatable bonds is 5. The SMILES string of the molecule is CCc1ccccc1Oc1nc(C(C)C)nc(NC)c1C. The van der Waals surface area contributed by atoms with E-state index in [1.54, 1.807) is 0 Å². The summed E-state index contributed by atoms with van der Waals surface area (Å²) in [4.78, 5) is 9.11. The van der Waals surface area contributed by atoms with E-state index in [0.29, 0.717) is 5.88 Å². The van der Waals surface area contributed by atoms with E-state index < -0.39 is 0 Å². The molecule has 1 heterocycles. The fourth-order valence-electron chi connectivity index (χ4n) is 2.11. The monoisotopic (exact) mass is 285 g/mol. The van der Waals surface area contributed by atoms with Gasteiger partial charge in [-0.2, -0.15) is 4.98 Å². The number of aromatic nitrogens is 2. The smallest absolute Gasteiger partial charge is 0.227 e. The van der Waals surface area contributed by atoms with Crippen LogP contribution in [0.3, 0.4) is 0 Å². The van der Waals surface area contributed by atoms with Crippen LogP contribution in [0.2, 0.25) is 0 Å². The molecule has 0 atom stereocenters. The highest BCUT2D eigenvalue weighted by Gasteiger charge is 2.15. The molecule has 4 nitrogen and oxygen atoms in total. The summed E-state index contributed by atoms with van der Waals surface area (Å²) in [5.41, 5.74) is 2.10. The molecule has 2 rings (SSSR count). The normalized spacial score (nSPS) is 10.8. The van der Waals surface area contributed by atoms with Crippen molar-refractivity contribution in [2.45, 2.75) is 40.0 Å². The molecular weight excluding hydrogens is 262 g/mol. The molecule has 2 aromatic rings. The van der Waals surface area contributed by atoms with Gasteiger partial charge in [-0.1, -0.05) is 39.0 Å². The summed E-state index contributed by atoms with van der Waals surface area (Å²) in [6, 6.07) is 8.06. The Morgan fingerprint density at radius 2 is 1.90 bits per heavy atom. The van der Waals surface area contributed by atoms with E-state index in [2.05, 4.69) is 42.1 Å². The van der Waals surface area contributed by atoms with Crippen molar-refractivity contribution >= 4 is 5.82 Å². The maximum absolute atomic E-state index is 6.07. The topological polar surface area (TPSA) is 47.0 Å². The fraction of sp³-hybridized carbons (Fsp3) is 0.412. The number of benzene rings is 1.